The van der Waals surface area contributed by atoms with Crippen molar-refractivity contribution in [3.63, 3.8) is 0 Å². The number of nitrogens with zero attached hydrogens (tertiary/aromatic N) is 1. The van der Waals surface area contributed by atoms with Gasteiger partial charge in [0.05, 0.1) is 0 Å². The summed E-state index contributed by atoms with van der Waals surface area (Å²) in [7, 11) is 0. The first kappa shape index (κ1) is 9.20. The Labute approximate surface area is 82.8 Å². The van der Waals surface area contributed by atoms with Crippen molar-refractivity contribution in [3.8, 4) is 5.69 Å². The SMILES string of the molecule is O=c1ccn(-c2ccc[nH]c2=O)c(=O)[nH]1. The first-order valence-corrected chi connectivity index (χ1v) is 4.18. The lowest BCUT2D eigenvalue weighted by Gasteiger charge is -2.01. The second kappa shape index (κ2) is 3.41. The topological polar surface area (TPSA) is 87.7 Å². The highest BCUT2D eigenvalue weighted by Gasteiger charge is 2.02. The molecular formula is C9H7N3O3. The molecule has 0 aliphatic rings. The molecule has 0 aliphatic carbocycles. The molecule has 2 aromatic rings. The van der Waals surface area contributed by atoms with E-state index in [2.05, 4.69) is 9.97 Å². The van der Waals surface area contributed by atoms with Crippen molar-refractivity contribution in [3.05, 3.63) is 61.8 Å². The van der Waals surface area contributed by atoms with Crippen molar-refractivity contribution in [1.82, 2.24) is 14.5 Å². The van der Waals surface area contributed by atoms with E-state index in [1.807, 2.05) is 0 Å². The van der Waals surface area contributed by atoms with Crippen molar-refractivity contribution in [2.24, 2.45) is 0 Å². The van der Waals surface area contributed by atoms with Crippen molar-refractivity contribution < 1.29 is 0 Å². The zero-order valence-electron chi connectivity index (χ0n) is 7.56. The number of hydrogen-bond acceptors (Lipinski definition) is 3. The van der Waals surface area contributed by atoms with Crippen LogP contribution in [0.4, 0.5) is 0 Å². The summed E-state index contributed by atoms with van der Waals surface area (Å²) in [5.74, 6) is 0. The summed E-state index contributed by atoms with van der Waals surface area (Å²) < 4.78 is 1.07. The summed E-state index contributed by atoms with van der Waals surface area (Å²) in [6, 6.07) is 4.25. The molecule has 0 fully saturated rings. The highest BCUT2D eigenvalue weighted by atomic mass is 16.2. The van der Waals surface area contributed by atoms with Crippen LogP contribution in [0.3, 0.4) is 0 Å². The summed E-state index contributed by atoms with van der Waals surface area (Å²) in [5.41, 5.74) is -1.37. The van der Waals surface area contributed by atoms with E-state index in [0.717, 1.165) is 4.57 Å². The number of nitrogens with one attached hydrogen (secondary N) is 2. The van der Waals surface area contributed by atoms with Crippen molar-refractivity contribution in [2.45, 2.75) is 0 Å². The third-order valence-electron chi connectivity index (χ3n) is 1.88. The summed E-state index contributed by atoms with van der Waals surface area (Å²) in [4.78, 5) is 38.0. The van der Waals surface area contributed by atoms with E-state index < -0.39 is 16.8 Å². The highest BCUT2D eigenvalue weighted by Crippen LogP contribution is 1.92. The van der Waals surface area contributed by atoms with Crippen molar-refractivity contribution in [2.75, 3.05) is 0 Å². The molecular weight excluding hydrogens is 198 g/mol. The van der Waals surface area contributed by atoms with Crippen LogP contribution in [0.5, 0.6) is 0 Å². The molecule has 2 aromatic heterocycles. The van der Waals surface area contributed by atoms with Gasteiger partial charge in [-0.1, -0.05) is 0 Å². The molecule has 0 unspecified atom stereocenters. The predicted octanol–water partition coefficient (Wildman–Crippen LogP) is -0.786. The van der Waals surface area contributed by atoms with Crippen LogP contribution in [0.2, 0.25) is 0 Å². The molecule has 0 spiro atoms. The summed E-state index contributed by atoms with van der Waals surface area (Å²) in [6.07, 6.45) is 2.72. The van der Waals surface area contributed by atoms with Gasteiger partial charge in [0.1, 0.15) is 5.69 Å². The molecule has 6 heteroatoms. The molecule has 2 heterocycles. The average Bonchev–Trinajstić information content (AvgIpc) is 2.20. The Morgan fingerprint density at radius 1 is 1.13 bits per heavy atom. The molecule has 2 N–H and O–H groups in total. The minimum Gasteiger partial charge on any atom is -0.327 e. The first-order chi connectivity index (χ1) is 7.18. The largest absolute Gasteiger partial charge is 0.333 e. The first-order valence-electron chi connectivity index (χ1n) is 4.18. The minimum atomic E-state index is -0.640. The predicted molar refractivity (Wildman–Crippen MR) is 53.3 cm³/mol. The normalized spacial score (nSPS) is 10.1. The third kappa shape index (κ3) is 1.64. The molecule has 15 heavy (non-hydrogen) atoms. The smallest absolute Gasteiger partial charge is 0.327 e. The monoisotopic (exact) mass is 205 g/mol. The van der Waals surface area contributed by atoms with Crippen molar-refractivity contribution >= 4 is 0 Å². The van der Waals surface area contributed by atoms with Crippen LogP contribution < -0.4 is 16.8 Å². The van der Waals surface area contributed by atoms with Crippen LogP contribution in [-0.4, -0.2) is 14.5 Å². The standard InChI is InChI=1S/C9H7N3O3/c13-7-3-5-12(9(15)11-7)6-2-1-4-10-8(6)14/h1-5H,(H,10,14)(H,11,13,15). The Morgan fingerprint density at radius 2 is 1.93 bits per heavy atom. The lowest BCUT2D eigenvalue weighted by Crippen LogP contribution is -2.30. The Morgan fingerprint density at radius 3 is 2.60 bits per heavy atom. The van der Waals surface area contributed by atoms with Crippen LogP contribution in [0.25, 0.3) is 5.69 Å². The van der Waals surface area contributed by atoms with Gasteiger partial charge in [0.15, 0.2) is 0 Å². The maximum atomic E-state index is 11.3. The number of pyridine rings is 1. The van der Waals surface area contributed by atoms with E-state index in [4.69, 9.17) is 0 Å². The van der Waals surface area contributed by atoms with E-state index in [1.165, 1.54) is 24.5 Å². The Hall–Kier alpha value is -2.37. The average molecular weight is 205 g/mol. The van der Waals surface area contributed by atoms with Gasteiger partial charge >= 0.3 is 5.69 Å². The highest BCUT2D eigenvalue weighted by molar-refractivity contribution is 5.27. The molecule has 0 radical (unpaired) electrons. The summed E-state index contributed by atoms with van der Waals surface area (Å²) in [6.45, 7) is 0. The van der Waals surface area contributed by atoms with Crippen LogP contribution in [0.15, 0.2) is 45.0 Å². The van der Waals surface area contributed by atoms with Gasteiger partial charge in [-0.3, -0.25) is 19.1 Å². The number of rotatable bonds is 1. The van der Waals surface area contributed by atoms with Gasteiger partial charge < -0.3 is 4.98 Å². The van der Waals surface area contributed by atoms with E-state index in [9.17, 15) is 14.4 Å². The molecule has 0 saturated carbocycles. The Balaban J connectivity index is 2.76. The zero-order valence-corrected chi connectivity index (χ0v) is 7.56. The van der Waals surface area contributed by atoms with E-state index in [1.54, 1.807) is 6.07 Å². The molecule has 0 bridgehead atoms. The third-order valence-corrected chi connectivity index (χ3v) is 1.88. The maximum absolute atomic E-state index is 11.3. The number of H-pyrrole nitrogens is 2. The fourth-order valence-electron chi connectivity index (χ4n) is 1.21. The van der Waals surface area contributed by atoms with E-state index >= 15 is 0 Å². The summed E-state index contributed by atoms with van der Waals surface area (Å²) >= 11 is 0. The zero-order chi connectivity index (χ0) is 10.8. The van der Waals surface area contributed by atoms with Gasteiger partial charge in [0, 0.05) is 18.5 Å². The number of hydrogen-bond donors (Lipinski definition) is 2. The summed E-state index contributed by atoms with van der Waals surface area (Å²) in [5, 5.41) is 0. The Bertz CT molecular complexity index is 650. The van der Waals surface area contributed by atoms with Gasteiger partial charge in [-0.05, 0) is 12.1 Å². The Kier molecular flexibility index (Phi) is 2.09. The molecule has 2 rings (SSSR count). The minimum absolute atomic E-state index is 0.166. The van der Waals surface area contributed by atoms with Crippen LogP contribution in [0.1, 0.15) is 0 Å². The maximum Gasteiger partial charge on any atom is 0.333 e. The lowest BCUT2D eigenvalue weighted by atomic mass is 10.4. The molecule has 0 amide bonds. The van der Waals surface area contributed by atoms with Gasteiger partial charge in [-0.2, -0.15) is 0 Å². The second-order valence-corrected chi connectivity index (χ2v) is 2.86. The quantitative estimate of drug-likeness (QED) is 0.639. The van der Waals surface area contributed by atoms with Gasteiger partial charge in [-0.15, -0.1) is 0 Å². The van der Waals surface area contributed by atoms with Gasteiger partial charge in [0.25, 0.3) is 11.1 Å². The molecule has 0 atom stereocenters. The molecule has 6 nitrogen and oxygen atoms in total. The van der Waals surface area contributed by atoms with E-state index in [0.29, 0.717) is 0 Å². The fourth-order valence-corrected chi connectivity index (χ4v) is 1.21. The van der Waals surface area contributed by atoms with Crippen LogP contribution >= 0.6 is 0 Å². The lowest BCUT2D eigenvalue weighted by molar-refractivity contribution is 0.881. The van der Waals surface area contributed by atoms with Crippen LogP contribution in [-0.2, 0) is 0 Å². The van der Waals surface area contributed by atoms with Crippen LogP contribution in [0, 0.1) is 0 Å². The number of aromatic nitrogens is 3. The van der Waals surface area contributed by atoms with Crippen molar-refractivity contribution in [1.29, 1.82) is 0 Å². The fraction of sp³-hybridized carbons (Fsp3) is 0. The molecule has 0 aliphatic heterocycles. The molecule has 0 aromatic carbocycles. The second-order valence-electron chi connectivity index (χ2n) is 2.86. The number of aromatic amines is 2. The van der Waals surface area contributed by atoms with Gasteiger partial charge in [0.2, 0.25) is 0 Å². The molecule has 76 valence electrons. The van der Waals surface area contributed by atoms with Gasteiger partial charge in [-0.25, -0.2) is 4.79 Å². The van der Waals surface area contributed by atoms with E-state index in [-0.39, 0.29) is 5.69 Å². The molecule has 0 saturated heterocycles.